The molecule has 108 valence electrons. The Labute approximate surface area is 115 Å². The van der Waals surface area contributed by atoms with Crippen LogP contribution in [0.3, 0.4) is 0 Å². The zero-order chi connectivity index (χ0) is 14.6. The van der Waals surface area contributed by atoms with Crippen LogP contribution >= 0.6 is 0 Å². The summed E-state index contributed by atoms with van der Waals surface area (Å²) in [5.41, 5.74) is -0.489. The lowest BCUT2D eigenvalue weighted by Gasteiger charge is -2.39. The summed E-state index contributed by atoms with van der Waals surface area (Å²) in [6, 6.07) is 2.00. The lowest BCUT2D eigenvalue weighted by molar-refractivity contribution is -0.00647. The Kier molecular flexibility index (Phi) is 5.19. The second kappa shape index (κ2) is 6.25. The molecule has 0 aromatic rings. The maximum absolute atomic E-state index is 12.0. The molecule has 0 radical (unpaired) electrons. The van der Waals surface area contributed by atoms with Gasteiger partial charge in [0.1, 0.15) is 5.60 Å². The highest BCUT2D eigenvalue weighted by Crippen LogP contribution is 2.28. The fourth-order valence-corrected chi connectivity index (χ4v) is 2.47. The number of aliphatic hydroxyl groups is 1. The van der Waals surface area contributed by atoms with Crippen molar-refractivity contribution in [2.75, 3.05) is 13.1 Å². The van der Waals surface area contributed by atoms with E-state index in [-0.39, 0.29) is 24.3 Å². The number of hydrogen-bond acceptors (Lipinski definition) is 4. The quantitative estimate of drug-likeness (QED) is 0.832. The van der Waals surface area contributed by atoms with Gasteiger partial charge in [0.05, 0.1) is 18.6 Å². The maximum Gasteiger partial charge on any atom is 0.410 e. The highest BCUT2D eigenvalue weighted by molar-refractivity contribution is 5.68. The van der Waals surface area contributed by atoms with Gasteiger partial charge in [-0.05, 0) is 39.0 Å². The zero-order valence-corrected chi connectivity index (χ0v) is 12.2. The predicted molar refractivity (Wildman–Crippen MR) is 71.3 cm³/mol. The van der Waals surface area contributed by atoms with Crippen molar-refractivity contribution in [1.29, 1.82) is 5.26 Å². The highest BCUT2D eigenvalue weighted by Gasteiger charge is 2.34. The van der Waals surface area contributed by atoms with Gasteiger partial charge in [-0.3, -0.25) is 0 Å². The monoisotopic (exact) mass is 268 g/mol. The minimum atomic E-state index is -0.596. The summed E-state index contributed by atoms with van der Waals surface area (Å²) in [5, 5.41) is 18.5. The first-order valence-corrected chi connectivity index (χ1v) is 6.77. The number of rotatable bonds is 2. The third kappa shape index (κ3) is 4.71. The van der Waals surface area contributed by atoms with Crippen molar-refractivity contribution >= 4 is 6.09 Å². The van der Waals surface area contributed by atoms with Gasteiger partial charge in [0.15, 0.2) is 0 Å². The summed E-state index contributed by atoms with van der Waals surface area (Å²) < 4.78 is 5.34. The third-order valence-corrected chi connectivity index (χ3v) is 3.42. The van der Waals surface area contributed by atoms with Gasteiger partial charge in [-0.15, -0.1) is 0 Å². The molecule has 5 heteroatoms. The van der Waals surface area contributed by atoms with Crippen molar-refractivity contribution in [1.82, 2.24) is 4.90 Å². The summed E-state index contributed by atoms with van der Waals surface area (Å²) in [6.07, 6.45) is -0.0293. The fourth-order valence-electron chi connectivity index (χ4n) is 2.47. The molecule has 1 N–H and O–H groups in total. The SMILES string of the molecule is CC1CN(C(=O)OC(C)(C)C)CCC1C(O)CC#N. The van der Waals surface area contributed by atoms with Crippen LogP contribution in [0.5, 0.6) is 0 Å². The number of likely N-dealkylation sites (tertiary alicyclic amines) is 1. The van der Waals surface area contributed by atoms with Crippen LogP contribution in [-0.2, 0) is 4.74 Å². The van der Waals surface area contributed by atoms with Gasteiger partial charge in [-0.1, -0.05) is 6.92 Å². The summed E-state index contributed by atoms with van der Waals surface area (Å²) in [6.45, 7) is 8.68. The first kappa shape index (κ1) is 15.8. The standard InChI is InChI=1S/C14H24N2O3/c1-10-9-16(13(18)19-14(2,3)4)8-6-11(10)12(17)5-7-15/h10-12,17H,5-6,8-9H2,1-4H3. The van der Waals surface area contributed by atoms with Crippen LogP contribution in [0.25, 0.3) is 0 Å². The van der Waals surface area contributed by atoms with Gasteiger partial charge in [0.2, 0.25) is 0 Å². The molecule has 1 heterocycles. The Balaban J connectivity index is 2.54. The molecule has 1 saturated heterocycles. The molecule has 0 saturated carbocycles. The molecule has 1 fully saturated rings. The summed E-state index contributed by atoms with van der Waals surface area (Å²) in [5.74, 6) is 0.253. The number of nitrogens with zero attached hydrogens (tertiary/aromatic N) is 2. The van der Waals surface area contributed by atoms with Gasteiger partial charge in [-0.25, -0.2) is 4.79 Å². The Morgan fingerprint density at radius 2 is 2.21 bits per heavy atom. The maximum atomic E-state index is 12.0. The van der Waals surface area contributed by atoms with E-state index in [4.69, 9.17) is 10.00 Å². The first-order chi connectivity index (χ1) is 8.74. The number of nitriles is 1. The predicted octanol–water partition coefficient (Wildman–Crippen LogP) is 2.15. The van der Waals surface area contributed by atoms with Crippen LogP contribution in [0.1, 0.15) is 40.5 Å². The van der Waals surface area contributed by atoms with Crippen LogP contribution in [-0.4, -0.2) is 40.9 Å². The number of carbonyl (C=O) groups excluding carboxylic acids is 1. The molecular formula is C14H24N2O3. The Bertz CT molecular complexity index is 357. The summed E-state index contributed by atoms with van der Waals surface area (Å²) in [7, 11) is 0. The van der Waals surface area contributed by atoms with Crippen LogP contribution in [0.15, 0.2) is 0 Å². The lowest BCUT2D eigenvalue weighted by atomic mass is 9.82. The molecule has 1 aliphatic heterocycles. The number of piperidine rings is 1. The molecule has 0 aromatic heterocycles. The van der Waals surface area contributed by atoms with Crippen molar-refractivity contribution in [3.63, 3.8) is 0 Å². The molecule has 0 spiro atoms. The fraction of sp³-hybridized carbons (Fsp3) is 0.857. The molecule has 5 nitrogen and oxygen atoms in total. The van der Waals surface area contributed by atoms with Crippen molar-refractivity contribution in [3.8, 4) is 6.07 Å². The van der Waals surface area contributed by atoms with Gasteiger partial charge in [0, 0.05) is 13.1 Å². The molecule has 1 amide bonds. The molecule has 0 aliphatic carbocycles. The van der Waals surface area contributed by atoms with E-state index >= 15 is 0 Å². The first-order valence-electron chi connectivity index (χ1n) is 6.77. The Morgan fingerprint density at radius 3 is 2.68 bits per heavy atom. The van der Waals surface area contributed by atoms with E-state index in [1.807, 2.05) is 33.8 Å². The molecule has 19 heavy (non-hydrogen) atoms. The van der Waals surface area contributed by atoms with Gasteiger partial charge < -0.3 is 14.7 Å². The molecule has 3 unspecified atom stereocenters. The molecule has 1 aliphatic rings. The van der Waals surface area contributed by atoms with Crippen molar-refractivity contribution < 1.29 is 14.6 Å². The van der Waals surface area contributed by atoms with Crippen molar-refractivity contribution in [2.24, 2.45) is 11.8 Å². The van der Waals surface area contributed by atoms with Crippen LogP contribution < -0.4 is 0 Å². The minimum absolute atomic E-state index is 0.0818. The topological polar surface area (TPSA) is 73.6 Å². The second-order valence-corrected chi connectivity index (χ2v) is 6.29. The van der Waals surface area contributed by atoms with E-state index in [2.05, 4.69) is 0 Å². The van der Waals surface area contributed by atoms with E-state index in [0.29, 0.717) is 19.5 Å². The summed E-state index contributed by atoms with van der Waals surface area (Å²) in [4.78, 5) is 13.6. The highest BCUT2D eigenvalue weighted by atomic mass is 16.6. The number of aliphatic hydroxyl groups excluding tert-OH is 1. The number of amides is 1. The molecule has 3 atom stereocenters. The number of carbonyl (C=O) groups is 1. The molecular weight excluding hydrogens is 244 g/mol. The van der Waals surface area contributed by atoms with E-state index in [9.17, 15) is 9.90 Å². The minimum Gasteiger partial charge on any atom is -0.444 e. The molecule has 0 bridgehead atoms. The lowest BCUT2D eigenvalue weighted by Crippen LogP contribution is -2.47. The molecule has 0 aromatic carbocycles. The normalized spacial score (nSPS) is 25.6. The number of ether oxygens (including phenoxy) is 1. The van der Waals surface area contributed by atoms with E-state index in [1.54, 1.807) is 4.90 Å². The van der Waals surface area contributed by atoms with Gasteiger partial charge in [0.25, 0.3) is 0 Å². The van der Waals surface area contributed by atoms with E-state index in [1.165, 1.54) is 0 Å². The average Bonchev–Trinajstić information content (AvgIpc) is 2.26. The number of hydrogen-bond donors (Lipinski definition) is 1. The van der Waals surface area contributed by atoms with E-state index in [0.717, 1.165) is 0 Å². The van der Waals surface area contributed by atoms with E-state index < -0.39 is 11.7 Å². The summed E-state index contributed by atoms with van der Waals surface area (Å²) >= 11 is 0. The largest absolute Gasteiger partial charge is 0.444 e. The van der Waals surface area contributed by atoms with Crippen molar-refractivity contribution in [2.45, 2.75) is 52.2 Å². The smallest absolute Gasteiger partial charge is 0.410 e. The van der Waals surface area contributed by atoms with Crippen LogP contribution in [0.2, 0.25) is 0 Å². The van der Waals surface area contributed by atoms with Crippen LogP contribution in [0.4, 0.5) is 4.79 Å². The average molecular weight is 268 g/mol. The van der Waals surface area contributed by atoms with Crippen molar-refractivity contribution in [3.05, 3.63) is 0 Å². The molecule has 1 rings (SSSR count). The van der Waals surface area contributed by atoms with Crippen LogP contribution in [0, 0.1) is 23.2 Å². The zero-order valence-electron chi connectivity index (χ0n) is 12.2. The van der Waals surface area contributed by atoms with Gasteiger partial charge in [-0.2, -0.15) is 5.26 Å². The third-order valence-electron chi connectivity index (χ3n) is 3.42. The Morgan fingerprint density at radius 1 is 1.58 bits per heavy atom. The second-order valence-electron chi connectivity index (χ2n) is 6.29. The Hall–Kier alpha value is -1.28. The van der Waals surface area contributed by atoms with Gasteiger partial charge >= 0.3 is 6.09 Å².